The SMILES string of the molecule is CCCC(O)CCCCCCCCCCCCCC(=O)OC(O)CO. The molecule has 0 radical (unpaired) electrons. The van der Waals surface area contributed by atoms with Crippen LogP contribution in [0.1, 0.15) is 103 Å². The summed E-state index contributed by atoms with van der Waals surface area (Å²) < 4.78 is 4.58. The average molecular weight is 361 g/mol. The van der Waals surface area contributed by atoms with Crippen LogP contribution in [0.5, 0.6) is 0 Å². The van der Waals surface area contributed by atoms with Crippen LogP contribution < -0.4 is 0 Å². The zero-order chi connectivity index (χ0) is 18.8. The fourth-order valence-electron chi connectivity index (χ4n) is 2.97. The van der Waals surface area contributed by atoms with Gasteiger partial charge in [0.25, 0.3) is 0 Å². The first-order valence-corrected chi connectivity index (χ1v) is 10.3. The molecule has 25 heavy (non-hydrogen) atoms. The summed E-state index contributed by atoms with van der Waals surface area (Å²) in [6.45, 7) is 1.56. The fraction of sp³-hybridized carbons (Fsp3) is 0.950. The van der Waals surface area contributed by atoms with Crippen LogP contribution in [0, 0.1) is 0 Å². The molecule has 5 nitrogen and oxygen atoms in total. The molecule has 0 aliphatic heterocycles. The molecule has 0 fully saturated rings. The number of aliphatic hydroxyl groups excluding tert-OH is 3. The Morgan fingerprint density at radius 2 is 1.28 bits per heavy atom. The van der Waals surface area contributed by atoms with Gasteiger partial charge >= 0.3 is 5.97 Å². The van der Waals surface area contributed by atoms with Gasteiger partial charge in [0.2, 0.25) is 6.29 Å². The summed E-state index contributed by atoms with van der Waals surface area (Å²) in [5, 5.41) is 27.2. The lowest BCUT2D eigenvalue weighted by atomic mass is 10.0. The van der Waals surface area contributed by atoms with E-state index in [2.05, 4.69) is 11.7 Å². The van der Waals surface area contributed by atoms with E-state index in [0.717, 1.165) is 44.9 Å². The molecule has 0 aliphatic carbocycles. The third-order valence-electron chi connectivity index (χ3n) is 4.46. The van der Waals surface area contributed by atoms with E-state index in [1.807, 2.05) is 0 Å². The van der Waals surface area contributed by atoms with E-state index >= 15 is 0 Å². The molecule has 0 aromatic carbocycles. The largest absolute Gasteiger partial charge is 0.433 e. The predicted octanol–water partition coefficient (Wildman–Crippen LogP) is 4.07. The highest BCUT2D eigenvalue weighted by atomic mass is 16.6. The smallest absolute Gasteiger partial charge is 0.308 e. The Bertz CT molecular complexity index is 296. The van der Waals surface area contributed by atoms with Crippen LogP contribution in [-0.4, -0.2) is 40.3 Å². The van der Waals surface area contributed by atoms with Gasteiger partial charge in [0.05, 0.1) is 6.10 Å². The molecular weight excluding hydrogens is 320 g/mol. The summed E-state index contributed by atoms with van der Waals surface area (Å²) >= 11 is 0. The van der Waals surface area contributed by atoms with Crippen LogP contribution in [0.15, 0.2) is 0 Å². The van der Waals surface area contributed by atoms with E-state index in [0.29, 0.717) is 6.42 Å². The third-order valence-corrected chi connectivity index (χ3v) is 4.46. The number of ether oxygens (including phenoxy) is 1. The molecule has 0 aromatic heterocycles. The van der Waals surface area contributed by atoms with Crippen LogP contribution in [-0.2, 0) is 9.53 Å². The molecule has 0 saturated carbocycles. The van der Waals surface area contributed by atoms with Gasteiger partial charge in [0, 0.05) is 6.42 Å². The van der Waals surface area contributed by atoms with E-state index in [1.54, 1.807) is 0 Å². The molecule has 0 rings (SSSR count). The molecule has 0 heterocycles. The Morgan fingerprint density at radius 1 is 0.800 bits per heavy atom. The standard InChI is InChI=1S/C20H40O5/c1-2-14-18(22)15-12-10-8-6-4-3-5-7-9-11-13-16-19(23)25-20(24)17-21/h18,20-22,24H,2-17H2,1H3. The number of esters is 1. The summed E-state index contributed by atoms with van der Waals surface area (Å²) in [6.07, 6.45) is 14.7. The van der Waals surface area contributed by atoms with Crippen molar-refractivity contribution in [1.29, 1.82) is 0 Å². The zero-order valence-corrected chi connectivity index (χ0v) is 16.1. The molecule has 0 aliphatic rings. The summed E-state index contributed by atoms with van der Waals surface area (Å²) in [6, 6.07) is 0. The Morgan fingerprint density at radius 3 is 1.76 bits per heavy atom. The van der Waals surface area contributed by atoms with Gasteiger partial charge in [-0.2, -0.15) is 0 Å². The molecule has 0 aromatic rings. The fourth-order valence-corrected chi connectivity index (χ4v) is 2.97. The van der Waals surface area contributed by atoms with E-state index in [4.69, 9.17) is 10.2 Å². The average Bonchev–Trinajstić information content (AvgIpc) is 2.59. The number of aliphatic hydroxyl groups is 3. The minimum atomic E-state index is -1.38. The summed E-state index contributed by atoms with van der Waals surface area (Å²) in [4.78, 5) is 11.3. The first-order chi connectivity index (χ1) is 12.1. The molecule has 2 atom stereocenters. The maximum Gasteiger partial charge on any atom is 0.308 e. The zero-order valence-electron chi connectivity index (χ0n) is 16.1. The van der Waals surface area contributed by atoms with Gasteiger partial charge in [-0.05, 0) is 19.3 Å². The summed E-state index contributed by atoms with van der Waals surface area (Å²) in [5.41, 5.74) is 0. The third kappa shape index (κ3) is 18.0. The van der Waals surface area contributed by atoms with Crippen molar-refractivity contribution in [3.63, 3.8) is 0 Å². The summed E-state index contributed by atoms with van der Waals surface area (Å²) in [5.74, 6) is -0.441. The van der Waals surface area contributed by atoms with Crippen molar-refractivity contribution in [3.05, 3.63) is 0 Å². The first kappa shape index (κ1) is 24.4. The maximum atomic E-state index is 11.3. The van der Waals surface area contributed by atoms with Gasteiger partial charge in [-0.1, -0.05) is 77.6 Å². The predicted molar refractivity (Wildman–Crippen MR) is 100 cm³/mol. The minimum Gasteiger partial charge on any atom is -0.433 e. The van der Waals surface area contributed by atoms with Crippen LogP contribution in [0.2, 0.25) is 0 Å². The maximum absolute atomic E-state index is 11.3. The van der Waals surface area contributed by atoms with Crippen molar-refractivity contribution in [2.75, 3.05) is 6.61 Å². The van der Waals surface area contributed by atoms with Crippen molar-refractivity contribution < 1.29 is 24.9 Å². The molecule has 3 N–H and O–H groups in total. The van der Waals surface area contributed by atoms with Crippen molar-refractivity contribution in [3.8, 4) is 0 Å². The molecule has 0 amide bonds. The number of carbonyl (C=O) groups excluding carboxylic acids is 1. The number of carbonyl (C=O) groups is 1. The van der Waals surface area contributed by atoms with E-state index in [-0.39, 0.29) is 6.10 Å². The molecule has 0 saturated heterocycles. The molecular formula is C20H40O5. The lowest BCUT2D eigenvalue weighted by Gasteiger charge is -2.09. The van der Waals surface area contributed by atoms with Crippen LogP contribution in [0.25, 0.3) is 0 Å². The van der Waals surface area contributed by atoms with Crippen LogP contribution in [0.4, 0.5) is 0 Å². The van der Waals surface area contributed by atoms with Gasteiger partial charge in [-0.3, -0.25) is 4.79 Å². The second-order valence-corrected chi connectivity index (χ2v) is 7.00. The van der Waals surface area contributed by atoms with Gasteiger partial charge in [0.1, 0.15) is 6.61 Å². The van der Waals surface area contributed by atoms with E-state index in [1.165, 1.54) is 44.9 Å². The first-order valence-electron chi connectivity index (χ1n) is 10.3. The van der Waals surface area contributed by atoms with Gasteiger partial charge < -0.3 is 20.1 Å². The topological polar surface area (TPSA) is 87.0 Å². The van der Waals surface area contributed by atoms with Gasteiger partial charge in [-0.15, -0.1) is 0 Å². The van der Waals surface area contributed by atoms with E-state index < -0.39 is 18.9 Å². The molecule has 0 bridgehead atoms. The number of unbranched alkanes of at least 4 members (excludes halogenated alkanes) is 10. The van der Waals surface area contributed by atoms with Gasteiger partial charge in [0.15, 0.2) is 0 Å². The second-order valence-electron chi connectivity index (χ2n) is 7.00. The van der Waals surface area contributed by atoms with Crippen molar-refractivity contribution >= 4 is 5.97 Å². The Balaban J connectivity index is 3.18. The highest BCUT2D eigenvalue weighted by Gasteiger charge is 2.08. The van der Waals surface area contributed by atoms with Crippen molar-refractivity contribution in [2.45, 2.75) is 116 Å². The lowest BCUT2D eigenvalue weighted by Crippen LogP contribution is -2.20. The minimum absolute atomic E-state index is 0.0911. The highest BCUT2D eigenvalue weighted by Crippen LogP contribution is 2.14. The molecule has 0 spiro atoms. The number of hydrogen-bond acceptors (Lipinski definition) is 5. The van der Waals surface area contributed by atoms with Gasteiger partial charge in [-0.25, -0.2) is 0 Å². The van der Waals surface area contributed by atoms with Crippen molar-refractivity contribution in [2.24, 2.45) is 0 Å². The Hall–Kier alpha value is -0.650. The normalized spacial score (nSPS) is 13.6. The van der Waals surface area contributed by atoms with Crippen LogP contribution >= 0.6 is 0 Å². The van der Waals surface area contributed by atoms with E-state index in [9.17, 15) is 9.90 Å². The number of hydrogen-bond donors (Lipinski definition) is 3. The quantitative estimate of drug-likeness (QED) is 0.195. The Labute approximate surface area is 153 Å². The summed E-state index contributed by atoms with van der Waals surface area (Å²) in [7, 11) is 0. The Kier molecular flexibility index (Phi) is 17.7. The lowest BCUT2D eigenvalue weighted by molar-refractivity contribution is -0.173. The van der Waals surface area contributed by atoms with Crippen LogP contribution in [0.3, 0.4) is 0 Å². The highest BCUT2D eigenvalue weighted by molar-refractivity contribution is 5.69. The molecule has 5 heteroatoms. The monoisotopic (exact) mass is 360 g/mol. The molecule has 2 unspecified atom stereocenters. The van der Waals surface area contributed by atoms with Crippen molar-refractivity contribution in [1.82, 2.24) is 0 Å². The number of rotatable bonds is 18. The molecule has 150 valence electrons. The second kappa shape index (κ2) is 18.2.